The molecule has 0 radical (unpaired) electrons. The first-order valence-electron chi connectivity index (χ1n) is 5.22. The molecule has 0 atom stereocenters. The van der Waals surface area contributed by atoms with Gasteiger partial charge in [0.15, 0.2) is 0 Å². The van der Waals surface area contributed by atoms with Crippen LogP contribution in [0.4, 0.5) is 4.39 Å². The van der Waals surface area contributed by atoms with Crippen LogP contribution in [-0.2, 0) is 0 Å². The summed E-state index contributed by atoms with van der Waals surface area (Å²) >= 11 is 0. The maximum Gasteiger partial charge on any atom is 0.131 e. The number of ether oxygens (including phenoxy) is 1. The van der Waals surface area contributed by atoms with Crippen LogP contribution in [-0.4, -0.2) is 16.8 Å². The number of aromatic nitrogens is 2. The third-order valence-corrected chi connectivity index (χ3v) is 2.22. The summed E-state index contributed by atoms with van der Waals surface area (Å²) in [4.78, 5) is 0. The molecule has 0 spiro atoms. The smallest absolute Gasteiger partial charge is 0.131 e. The molecule has 0 unspecified atom stereocenters. The number of rotatable bonds is 4. The predicted octanol–water partition coefficient (Wildman–Crippen LogP) is 3.00. The van der Waals surface area contributed by atoms with Crippen LogP contribution in [0.5, 0.6) is 5.75 Å². The Morgan fingerprint density at radius 3 is 3.00 bits per heavy atom. The van der Waals surface area contributed by atoms with Gasteiger partial charge in [-0.15, -0.1) is 0 Å². The van der Waals surface area contributed by atoms with E-state index in [2.05, 4.69) is 10.2 Å². The van der Waals surface area contributed by atoms with Crippen molar-refractivity contribution in [2.75, 3.05) is 6.61 Å². The molecule has 3 nitrogen and oxygen atoms in total. The van der Waals surface area contributed by atoms with Crippen LogP contribution in [0.25, 0.3) is 11.1 Å². The third kappa shape index (κ3) is 2.21. The average molecular weight is 220 g/mol. The number of nitrogens with one attached hydrogen (secondary N) is 1. The normalized spacial score (nSPS) is 10.4. The molecule has 16 heavy (non-hydrogen) atoms. The molecule has 2 aromatic rings. The molecule has 0 aliphatic heterocycles. The minimum absolute atomic E-state index is 0.273. The Balaban J connectivity index is 2.30. The number of benzene rings is 1. The van der Waals surface area contributed by atoms with Crippen molar-refractivity contribution in [2.24, 2.45) is 0 Å². The zero-order valence-corrected chi connectivity index (χ0v) is 9.03. The fourth-order valence-corrected chi connectivity index (χ4v) is 1.43. The summed E-state index contributed by atoms with van der Waals surface area (Å²) < 4.78 is 19.0. The summed E-state index contributed by atoms with van der Waals surface area (Å²) in [5.74, 6) is 0.407. The lowest BCUT2D eigenvalue weighted by Crippen LogP contribution is -1.95. The summed E-state index contributed by atoms with van der Waals surface area (Å²) in [5, 5.41) is 6.46. The second-order valence-electron chi connectivity index (χ2n) is 3.48. The van der Waals surface area contributed by atoms with Crippen molar-refractivity contribution in [1.82, 2.24) is 10.2 Å². The average Bonchev–Trinajstić information content (AvgIpc) is 2.81. The summed E-state index contributed by atoms with van der Waals surface area (Å²) in [6.45, 7) is 2.66. The molecule has 1 aromatic heterocycles. The summed E-state index contributed by atoms with van der Waals surface area (Å²) in [7, 11) is 0. The standard InChI is InChI=1S/C12H13FN2O/c1-2-5-16-10-3-4-12(13)11(6-10)9-7-14-15-8-9/h3-4,6-8H,2,5H2,1H3,(H,14,15). The molecular formula is C12H13FN2O. The maximum atomic E-state index is 13.6. The van der Waals surface area contributed by atoms with E-state index >= 15 is 0 Å². The highest BCUT2D eigenvalue weighted by atomic mass is 19.1. The molecule has 0 aliphatic rings. The van der Waals surface area contributed by atoms with Crippen LogP contribution in [0, 0.1) is 5.82 Å². The highest BCUT2D eigenvalue weighted by Crippen LogP contribution is 2.26. The summed E-state index contributed by atoms with van der Waals surface area (Å²) in [6, 6.07) is 4.73. The van der Waals surface area contributed by atoms with E-state index in [1.165, 1.54) is 6.07 Å². The van der Waals surface area contributed by atoms with Gasteiger partial charge >= 0.3 is 0 Å². The second-order valence-corrected chi connectivity index (χ2v) is 3.48. The van der Waals surface area contributed by atoms with E-state index in [4.69, 9.17) is 4.74 Å². The van der Waals surface area contributed by atoms with Gasteiger partial charge in [0.05, 0.1) is 12.8 Å². The van der Waals surface area contributed by atoms with Crippen LogP contribution in [0.15, 0.2) is 30.6 Å². The number of hydrogen-bond acceptors (Lipinski definition) is 2. The van der Waals surface area contributed by atoms with Crippen molar-refractivity contribution in [2.45, 2.75) is 13.3 Å². The van der Waals surface area contributed by atoms with Gasteiger partial charge in [-0.1, -0.05) is 6.92 Å². The lowest BCUT2D eigenvalue weighted by molar-refractivity contribution is 0.317. The Kier molecular flexibility index (Phi) is 3.19. The van der Waals surface area contributed by atoms with Gasteiger partial charge in [-0.25, -0.2) is 4.39 Å². The molecular weight excluding hydrogens is 207 g/mol. The molecule has 1 aromatic carbocycles. The Hall–Kier alpha value is -1.84. The van der Waals surface area contributed by atoms with E-state index in [-0.39, 0.29) is 5.82 Å². The Morgan fingerprint density at radius 2 is 2.31 bits per heavy atom. The second kappa shape index (κ2) is 4.79. The van der Waals surface area contributed by atoms with Crippen LogP contribution in [0.3, 0.4) is 0 Å². The van der Waals surface area contributed by atoms with Gasteiger partial charge in [0, 0.05) is 17.3 Å². The number of hydrogen-bond donors (Lipinski definition) is 1. The number of H-pyrrole nitrogens is 1. The van der Waals surface area contributed by atoms with E-state index in [1.807, 2.05) is 6.92 Å². The fourth-order valence-electron chi connectivity index (χ4n) is 1.43. The highest BCUT2D eigenvalue weighted by Gasteiger charge is 2.07. The van der Waals surface area contributed by atoms with E-state index < -0.39 is 0 Å². The van der Waals surface area contributed by atoms with Crippen molar-refractivity contribution < 1.29 is 9.13 Å². The van der Waals surface area contributed by atoms with E-state index in [1.54, 1.807) is 24.5 Å². The van der Waals surface area contributed by atoms with Crippen molar-refractivity contribution in [3.05, 3.63) is 36.4 Å². The van der Waals surface area contributed by atoms with Gasteiger partial charge in [0.2, 0.25) is 0 Å². The summed E-state index contributed by atoms with van der Waals surface area (Å²) in [5.41, 5.74) is 1.22. The molecule has 0 bridgehead atoms. The lowest BCUT2D eigenvalue weighted by atomic mass is 10.1. The van der Waals surface area contributed by atoms with Crippen molar-refractivity contribution in [1.29, 1.82) is 0 Å². The molecule has 0 aliphatic carbocycles. The molecule has 0 fully saturated rings. The van der Waals surface area contributed by atoms with Crippen molar-refractivity contribution >= 4 is 0 Å². The number of nitrogens with zero attached hydrogens (tertiary/aromatic N) is 1. The predicted molar refractivity (Wildman–Crippen MR) is 59.8 cm³/mol. The molecule has 1 N–H and O–H groups in total. The molecule has 2 rings (SSSR count). The largest absolute Gasteiger partial charge is 0.494 e. The topological polar surface area (TPSA) is 37.9 Å². The third-order valence-electron chi connectivity index (χ3n) is 2.22. The minimum atomic E-state index is -0.273. The van der Waals surface area contributed by atoms with E-state index in [0.29, 0.717) is 17.9 Å². The van der Waals surface area contributed by atoms with E-state index in [9.17, 15) is 4.39 Å². The first-order chi connectivity index (χ1) is 7.81. The fraction of sp³-hybridized carbons (Fsp3) is 0.250. The molecule has 1 heterocycles. The first kappa shape index (κ1) is 10.7. The Labute approximate surface area is 93.3 Å². The first-order valence-corrected chi connectivity index (χ1v) is 5.22. The molecule has 4 heteroatoms. The number of aromatic amines is 1. The monoisotopic (exact) mass is 220 g/mol. The Bertz CT molecular complexity index is 454. The van der Waals surface area contributed by atoms with Gasteiger partial charge in [0.25, 0.3) is 0 Å². The summed E-state index contributed by atoms with van der Waals surface area (Å²) in [6.07, 6.45) is 4.17. The van der Waals surface area contributed by atoms with Crippen LogP contribution in [0.2, 0.25) is 0 Å². The zero-order chi connectivity index (χ0) is 11.4. The van der Waals surface area contributed by atoms with Gasteiger partial charge in [0.1, 0.15) is 11.6 Å². The van der Waals surface area contributed by atoms with Gasteiger partial charge < -0.3 is 4.74 Å². The van der Waals surface area contributed by atoms with Crippen LogP contribution < -0.4 is 4.74 Å². The Morgan fingerprint density at radius 1 is 1.44 bits per heavy atom. The van der Waals surface area contributed by atoms with Gasteiger partial charge in [-0.05, 0) is 24.6 Å². The van der Waals surface area contributed by atoms with Crippen molar-refractivity contribution in [3.8, 4) is 16.9 Å². The molecule has 84 valence electrons. The van der Waals surface area contributed by atoms with Crippen LogP contribution in [0.1, 0.15) is 13.3 Å². The molecule has 0 saturated carbocycles. The van der Waals surface area contributed by atoms with Crippen molar-refractivity contribution in [3.63, 3.8) is 0 Å². The van der Waals surface area contributed by atoms with E-state index in [0.717, 1.165) is 12.0 Å². The quantitative estimate of drug-likeness (QED) is 0.860. The van der Waals surface area contributed by atoms with Gasteiger partial charge in [-0.2, -0.15) is 5.10 Å². The lowest BCUT2D eigenvalue weighted by Gasteiger charge is -2.06. The zero-order valence-electron chi connectivity index (χ0n) is 9.03. The maximum absolute atomic E-state index is 13.6. The van der Waals surface area contributed by atoms with Crippen LogP contribution >= 0.6 is 0 Å². The number of halogens is 1. The molecule has 0 saturated heterocycles. The SMILES string of the molecule is CCCOc1ccc(F)c(-c2cn[nH]c2)c1. The van der Waals surface area contributed by atoms with Gasteiger partial charge in [-0.3, -0.25) is 5.10 Å². The minimum Gasteiger partial charge on any atom is -0.494 e. The molecule has 0 amide bonds. The highest BCUT2D eigenvalue weighted by molar-refractivity contribution is 5.64.